The molecular formula is C16H30N2O. The maximum absolute atomic E-state index is 9.18. The van der Waals surface area contributed by atoms with Gasteiger partial charge in [0.1, 0.15) is 5.54 Å². The molecule has 4 atom stereocenters. The standard InChI is InChI=1S/C16H30N2O/c1-5-18-16(4,12-17)9-6-10-19-15-8-7-13(2)14(3)11-15/h13-15,18H,5-11H2,1-4H3. The summed E-state index contributed by atoms with van der Waals surface area (Å²) in [6.07, 6.45) is 5.95. The van der Waals surface area contributed by atoms with Gasteiger partial charge in [-0.3, -0.25) is 5.32 Å². The number of nitrogens with zero attached hydrogens (tertiary/aromatic N) is 1. The van der Waals surface area contributed by atoms with Crippen LogP contribution in [-0.2, 0) is 4.74 Å². The van der Waals surface area contributed by atoms with E-state index in [-0.39, 0.29) is 0 Å². The van der Waals surface area contributed by atoms with Gasteiger partial charge in [-0.05, 0) is 57.4 Å². The number of nitriles is 1. The highest BCUT2D eigenvalue weighted by Crippen LogP contribution is 2.31. The molecule has 3 heteroatoms. The van der Waals surface area contributed by atoms with Gasteiger partial charge in [0.25, 0.3) is 0 Å². The Balaban J connectivity index is 2.19. The van der Waals surface area contributed by atoms with Crippen molar-refractivity contribution in [2.45, 2.75) is 71.4 Å². The van der Waals surface area contributed by atoms with Crippen molar-refractivity contribution >= 4 is 0 Å². The minimum absolute atomic E-state index is 0.396. The van der Waals surface area contributed by atoms with Crippen molar-refractivity contribution in [3.05, 3.63) is 0 Å². The number of ether oxygens (including phenoxy) is 1. The van der Waals surface area contributed by atoms with E-state index >= 15 is 0 Å². The lowest BCUT2D eigenvalue weighted by Crippen LogP contribution is -2.41. The molecule has 1 rings (SSSR count). The van der Waals surface area contributed by atoms with Crippen LogP contribution in [0, 0.1) is 23.2 Å². The molecule has 19 heavy (non-hydrogen) atoms. The van der Waals surface area contributed by atoms with Crippen molar-refractivity contribution in [1.82, 2.24) is 5.32 Å². The molecule has 1 aliphatic carbocycles. The zero-order valence-corrected chi connectivity index (χ0v) is 13.0. The first-order valence-electron chi connectivity index (χ1n) is 7.78. The monoisotopic (exact) mass is 266 g/mol. The highest BCUT2D eigenvalue weighted by atomic mass is 16.5. The number of rotatable bonds is 7. The summed E-state index contributed by atoms with van der Waals surface area (Å²) in [6, 6.07) is 2.36. The predicted molar refractivity (Wildman–Crippen MR) is 78.8 cm³/mol. The van der Waals surface area contributed by atoms with E-state index < -0.39 is 5.54 Å². The molecule has 0 aromatic carbocycles. The molecule has 0 saturated heterocycles. The lowest BCUT2D eigenvalue weighted by Gasteiger charge is -2.32. The van der Waals surface area contributed by atoms with Crippen LogP contribution in [0.4, 0.5) is 0 Å². The maximum Gasteiger partial charge on any atom is 0.104 e. The van der Waals surface area contributed by atoms with Crippen molar-refractivity contribution in [3.8, 4) is 6.07 Å². The van der Waals surface area contributed by atoms with Crippen molar-refractivity contribution in [2.75, 3.05) is 13.2 Å². The van der Waals surface area contributed by atoms with Crippen LogP contribution in [0.5, 0.6) is 0 Å². The third-order valence-corrected chi connectivity index (χ3v) is 4.54. The largest absolute Gasteiger partial charge is 0.378 e. The predicted octanol–water partition coefficient (Wildman–Crippen LogP) is 3.50. The lowest BCUT2D eigenvalue weighted by atomic mass is 9.80. The van der Waals surface area contributed by atoms with E-state index in [0.29, 0.717) is 6.10 Å². The molecule has 4 unspecified atom stereocenters. The Morgan fingerprint density at radius 2 is 2.05 bits per heavy atom. The average molecular weight is 266 g/mol. The Hall–Kier alpha value is -0.590. The van der Waals surface area contributed by atoms with E-state index in [1.807, 2.05) is 13.8 Å². The number of hydrogen-bond donors (Lipinski definition) is 1. The molecular weight excluding hydrogens is 236 g/mol. The van der Waals surface area contributed by atoms with Gasteiger partial charge in [-0.2, -0.15) is 5.26 Å². The lowest BCUT2D eigenvalue weighted by molar-refractivity contribution is -0.0000698. The quantitative estimate of drug-likeness (QED) is 0.717. The molecule has 3 nitrogen and oxygen atoms in total. The van der Waals surface area contributed by atoms with Crippen LogP contribution >= 0.6 is 0 Å². The molecule has 110 valence electrons. The van der Waals surface area contributed by atoms with Gasteiger partial charge in [-0.25, -0.2) is 0 Å². The number of nitrogens with one attached hydrogen (secondary N) is 1. The minimum Gasteiger partial charge on any atom is -0.378 e. The smallest absolute Gasteiger partial charge is 0.104 e. The van der Waals surface area contributed by atoms with Gasteiger partial charge in [0, 0.05) is 6.61 Å². The second-order valence-corrected chi connectivity index (χ2v) is 6.34. The molecule has 1 fully saturated rings. The summed E-state index contributed by atoms with van der Waals surface area (Å²) in [6.45, 7) is 10.3. The van der Waals surface area contributed by atoms with Crippen LogP contribution in [0.15, 0.2) is 0 Å². The van der Waals surface area contributed by atoms with Crippen LogP contribution in [-0.4, -0.2) is 24.8 Å². The fourth-order valence-corrected chi connectivity index (χ4v) is 2.90. The molecule has 0 aromatic heterocycles. The summed E-state index contributed by atoms with van der Waals surface area (Å²) >= 11 is 0. The zero-order chi connectivity index (χ0) is 14.3. The van der Waals surface area contributed by atoms with Crippen LogP contribution < -0.4 is 5.32 Å². The van der Waals surface area contributed by atoms with E-state index in [0.717, 1.165) is 37.8 Å². The fourth-order valence-electron chi connectivity index (χ4n) is 2.90. The highest BCUT2D eigenvalue weighted by Gasteiger charge is 2.25. The van der Waals surface area contributed by atoms with Crippen molar-refractivity contribution in [1.29, 1.82) is 5.26 Å². The molecule has 0 radical (unpaired) electrons. The summed E-state index contributed by atoms with van der Waals surface area (Å²) < 4.78 is 5.98. The minimum atomic E-state index is -0.396. The molecule has 0 heterocycles. The van der Waals surface area contributed by atoms with E-state index in [9.17, 15) is 5.26 Å². The molecule has 0 aromatic rings. The van der Waals surface area contributed by atoms with Crippen LogP contribution in [0.3, 0.4) is 0 Å². The Morgan fingerprint density at radius 1 is 1.32 bits per heavy atom. The number of hydrogen-bond acceptors (Lipinski definition) is 3. The molecule has 1 aliphatic rings. The van der Waals surface area contributed by atoms with Crippen LogP contribution in [0.1, 0.15) is 59.8 Å². The molecule has 0 amide bonds. The Morgan fingerprint density at radius 3 is 2.63 bits per heavy atom. The fraction of sp³-hybridized carbons (Fsp3) is 0.938. The second-order valence-electron chi connectivity index (χ2n) is 6.34. The van der Waals surface area contributed by atoms with E-state index in [2.05, 4.69) is 25.2 Å². The van der Waals surface area contributed by atoms with Gasteiger partial charge in [0.15, 0.2) is 0 Å². The van der Waals surface area contributed by atoms with E-state index in [1.54, 1.807) is 0 Å². The first-order chi connectivity index (χ1) is 9.00. The van der Waals surface area contributed by atoms with Gasteiger partial charge >= 0.3 is 0 Å². The van der Waals surface area contributed by atoms with Gasteiger partial charge in [0.05, 0.1) is 12.2 Å². The third kappa shape index (κ3) is 5.50. The SMILES string of the molecule is CCNC(C)(C#N)CCCOC1CCC(C)C(C)C1. The van der Waals surface area contributed by atoms with Gasteiger partial charge in [0.2, 0.25) is 0 Å². The molecule has 1 saturated carbocycles. The zero-order valence-electron chi connectivity index (χ0n) is 13.0. The highest BCUT2D eigenvalue weighted by molar-refractivity contribution is 5.03. The molecule has 0 bridgehead atoms. The molecule has 1 N–H and O–H groups in total. The normalized spacial score (nSPS) is 30.6. The third-order valence-electron chi connectivity index (χ3n) is 4.54. The maximum atomic E-state index is 9.18. The summed E-state index contributed by atoms with van der Waals surface area (Å²) in [7, 11) is 0. The summed E-state index contributed by atoms with van der Waals surface area (Å²) in [4.78, 5) is 0. The Bertz CT molecular complexity index is 300. The second kappa shape index (κ2) is 7.87. The Kier molecular flexibility index (Phi) is 6.82. The van der Waals surface area contributed by atoms with E-state index in [1.165, 1.54) is 19.3 Å². The Labute approximate surface area is 118 Å². The van der Waals surface area contributed by atoms with Gasteiger partial charge in [-0.15, -0.1) is 0 Å². The van der Waals surface area contributed by atoms with Crippen molar-refractivity contribution in [3.63, 3.8) is 0 Å². The van der Waals surface area contributed by atoms with Crippen molar-refractivity contribution in [2.24, 2.45) is 11.8 Å². The average Bonchev–Trinajstić information content (AvgIpc) is 2.39. The van der Waals surface area contributed by atoms with Gasteiger partial charge < -0.3 is 4.74 Å². The molecule has 0 aliphatic heterocycles. The summed E-state index contributed by atoms with van der Waals surface area (Å²) in [5.41, 5.74) is -0.396. The van der Waals surface area contributed by atoms with Gasteiger partial charge in [-0.1, -0.05) is 20.8 Å². The van der Waals surface area contributed by atoms with Crippen LogP contribution in [0.2, 0.25) is 0 Å². The first kappa shape index (κ1) is 16.5. The van der Waals surface area contributed by atoms with Crippen LogP contribution in [0.25, 0.3) is 0 Å². The van der Waals surface area contributed by atoms with E-state index in [4.69, 9.17) is 4.74 Å². The summed E-state index contributed by atoms with van der Waals surface area (Å²) in [5, 5.41) is 12.4. The topological polar surface area (TPSA) is 45.0 Å². The summed E-state index contributed by atoms with van der Waals surface area (Å²) in [5.74, 6) is 1.63. The molecule has 0 spiro atoms. The first-order valence-corrected chi connectivity index (χ1v) is 7.78. The van der Waals surface area contributed by atoms with Crippen molar-refractivity contribution < 1.29 is 4.74 Å².